The smallest absolute Gasteiger partial charge is 0.243 e. The first-order valence-corrected chi connectivity index (χ1v) is 10.8. The van der Waals surface area contributed by atoms with Crippen LogP contribution in [0.3, 0.4) is 0 Å². The van der Waals surface area contributed by atoms with Crippen LogP contribution in [-0.4, -0.2) is 36.8 Å². The van der Waals surface area contributed by atoms with Crippen molar-refractivity contribution in [1.82, 2.24) is 15.2 Å². The number of hydrazine groups is 1. The highest BCUT2D eigenvalue weighted by molar-refractivity contribution is 7.89. The molecule has 0 aliphatic carbocycles. The molecule has 1 aliphatic rings. The van der Waals surface area contributed by atoms with Crippen LogP contribution in [0.4, 0.5) is 0 Å². The second-order valence-electron chi connectivity index (χ2n) is 7.13. The molecule has 0 bridgehead atoms. The van der Waals surface area contributed by atoms with E-state index >= 15 is 0 Å². The molecule has 1 aliphatic heterocycles. The lowest BCUT2D eigenvalue weighted by atomic mass is 9.99. The van der Waals surface area contributed by atoms with Gasteiger partial charge in [0.2, 0.25) is 15.9 Å². The number of aryl methyl sites for hydroxylation is 1. The average molecular weight is 416 g/mol. The van der Waals surface area contributed by atoms with E-state index in [1.54, 1.807) is 42.5 Å². The molecule has 1 fully saturated rings. The predicted molar refractivity (Wildman–Crippen MR) is 111 cm³/mol. The van der Waals surface area contributed by atoms with E-state index in [4.69, 9.17) is 0 Å². The molecule has 2 aromatic carbocycles. The summed E-state index contributed by atoms with van der Waals surface area (Å²) in [7, 11) is -3.64. The number of phenols is 1. The lowest BCUT2D eigenvalue weighted by Crippen LogP contribution is -2.48. The Morgan fingerprint density at radius 3 is 2.52 bits per heavy atom. The van der Waals surface area contributed by atoms with Gasteiger partial charge in [0.05, 0.1) is 16.5 Å². The first-order valence-electron chi connectivity index (χ1n) is 9.39. The summed E-state index contributed by atoms with van der Waals surface area (Å²) in [5, 5.41) is 9.86. The summed E-state index contributed by atoms with van der Waals surface area (Å²) in [6.07, 6.45) is 1.19. The van der Waals surface area contributed by atoms with E-state index in [0.717, 1.165) is 5.56 Å². The van der Waals surface area contributed by atoms with E-state index in [9.17, 15) is 18.3 Å². The maximum absolute atomic E-state index is 12.9. The van der Waals surface area contributed by atoms with E-state index in [1.165, 1.54) is 10.4 Å². The van der Waals surface area contributed by atoms with Crippen LogP contribution in [0.5, 0.6) is 5.75 Å². The Hall–Kier alpha value is -2.84. The third-order valence-corrected chi connectivity index (χ3v) is 6.86. The van der Waals surface area contributed by atoms with Crippen molar-refractivity contribution in [3.63, 3.8) is 0 Å². The maximum Gasteiger partial charge on any atom is 0.243 e. The molecule has 1 heterocycles. The SMILES string of the molecule is C=C(NNC(=O)[C@H]1CCCN(S(=O)(=O)c2ccc(C)cc2)C1)c1ccccc1O. The number of piperidine rings is 1. The molecule has 3 rings (SSSR count). The number of benzene rings is 2. The van der Waals surface area contributed by atoms with Gasteiger partial charge in [-0.3, -0.25) is 15.6 Å². The number of rotatable bonds is 6. The van der Waals surface area contributed by atoms with Crippen molar-refractivity contribution in [2.75, 3.05) is 13.1 Å². The van der Waals surface area contributed by atoms with Crippen LogP contribution in [0, 0.1) is 12.8 Å². The van der Waals surface area contributed by atoms with Crippen LogP contribution < -0.4 is 10.9 Å². The minimum absolute atomic E-state index is 0.0484. The van der Waals surface area contributed by atoms with Crippen LogP contribution in [0.2, 0.25) is 0 Å². The number of phenolic OH excluding ortho intramolecular Hbond substituents is 1. The van der Waals surface area contributed by atoms with Gasteiger partial charge < -0.3 is 5.11 Å². The highest BCUT2D eigenvalue weighted by Crippen LogP contribution is 2.24. The molecule has 2 aromatic rings. The molecular weight excluding hydrogens is 390 g/mol. The van der Waals surface area contributed by atoms with Crippen LogP contribution in [-0.2, 0) is 14.8 Å². The summed E-state index contributed by atoms with van der Waals surface area (Å²) in [5.41, 5.74) is 7.08. The number of para-hydroxylation sites is 1. The number of carbonyl (C=O) groups is 1. The quantitative estimate of drug-likeness (QED) is 0.629. The van der Waals surface area contributed by atoms with Gasteiger partial charge in [-0.05, 0) is 44.0 Å². The number of hydrogen-bond acceptors (Lipinski definition) is 5. The molecule has 3 N–H and O–H groups in total. The second-order valence-corrected chi connectivity index (χ2v) is 9.06. The Kier molecular flexibility index (Phi) is 6.24. The number of hydrogen-bond donors (Lipinski definition) is 3. The van der Waals surface area contributed by atoms with Crippen molar-refractivity contribution in [3.8, 4) is 5.75 Å². The Morgan fingerprint density at radius 2 is 1.83 bits per heavy atom. The molecule has 154 valence electrons. The number of nitrogens with zero attached hydrogens (tertiary/aromatic N) is 1. The van der Waals surface area contributed by atoms with Crippen LogP contribution >= 0.6 is 0 Å². The minimum atomic E-state index is -3.64. The number of sulfonamides is 1. The summed E-state index contributed by atoms with van der Waals surface area (Å²) >= 11 is 0. The lowest BCUT2D eigenvalue weighted by molar-refractivity contribution is -0.126. The van der Waals surface area contributed by atoms with Gasteiger partial charge in [-0.25, -0.2) is 8.42 Å². The first-order chi connectivity index (χ1) is 13.8. The summed E-state index contributed by atoms with van der Waals surface area (Å²) < 4.78 is 27.1. The van der Waals surface area contributed by atoms with Crippen molar-refractivity contribution in [3.05, 3.63) is 66.2 Å². The topological polar surface area (TPSA) is 98.7 Å². The van der Waals surface area contributed by atoms with Gasteiger partial charge in [0, 0.05) is 18.7 Å². The standard InChI is InChI=1S/C21H25N3O4S/c1-15-9-11-18(12-10-15)29(27,28)24-13-5-6-17(14-24)21(26)23-22-16(2)19-7-3-4-8-20(19)25/h3-4,7-12,17,22,25H,2,5-6,13-14H2,1H3,(H,23,26)/t17-/m0/s1. The Balaban J connectivity index is 1.63. The second kappa shape index (κ2) is 8.67. The molecule has 0 unspecified atom stereocenters. The van der Waals surface area contributed by atoms with Gasteiger partial charge in [-0.2, -0.15) is 4.31 Å². The summed E-state index contributed by atoms with van der Waals surface area (Å²) in [6, 6.07) is 13.3. The monoisotopic (exact) mass is 415 g/mol. The third-order valence-electron chi connectivity index (χ3n) is 4.98. The van der Waals surface area contributed by atoms with Gasteiger partial charge >= 0.3 is 0 Å². The number of nitrogens with one attached hydrogen (secondary N) is 2. The van der Waals surface area contributed by atoms with Gasteiger partial charge in [0.15, 0.2) is 0 Å². The van der Waals surface area contributed by atoms with Crippen molar-refractivity contribution >= 4 is 21.6 Å². The molecule has 0 spiro atoms. The fourth-order valence-electron chi connectivity index (χ4n) is 3.27. The number of amides is 1. The zero-order valence-corrected chi connectivity index (χ0v) is 17.1. The molecule has 0 aromatic heterocycles. The summed E-state index contributed by atoms with van der Waals surface area (Å²) in [4.78, 5) is 12.8. The zero-order chi connectivity index (χ0) is 21.0. The molecule has 29 heavy (non-hydrogen) atoms. The predicted octanol–water partition coefficient (Wildman–Crippen LogP) is 2.39. The fraction of sp³-hybridized carbons (Fsp3) is 0.286. The fourth-order valence-corrected chi connectivity index (χ4v) is 4.79. The maximum atomic E-state index is 12.9. The van der Waals surface area contributed by atoms with Crippen molar-refractivity contribution in [2.45, 2.75) is 24.7 Å². The van der Waals surface area contributed by atoms with E-state index < -0.39 is 15.9 Å². The Labute approximate surface area is 171 Å². The molecule has 1 atom stereocenters. The van der Waals surface area contributed by atoms with Crippen LogP contribution in [0.1, 0.15) is 24.0 Å². The van der Waals surface area contributed by atoms with Crippen molar-refractivity contribution < 1.29 is 18.3 Å². The van der Waals surface area contributed by atoms with Crippen molar-refractivity contribution in [2.24, 2.45) is 5.92 Å². The molecule has 0 saturated carbocycles. The average Bonchev–Trinajstić information content (AvgIpc) is 2.72. The van der Waals surface area contributed by atoms with Gasteiger partial charge in [0.1, 0.15) is 5.75 Å². The van der Waals surface area contributed by atoms with Gasteiger partial charge in [-0.1, -0.05) is 36.4 Å². The Bertz CT molecular complexity index is 1000. The highest BCUT2D eigenvalue weighted by atomic mass is 32.2. The Morgan fingerprint density at radius 1 is 1.14 bits per heavy atom. The van der Waals surface area contributed by atoms with E-state index in [2.05, 4.69) is 17.4 Å². The van der Waals surface area contributed by atoms with Gasteiger partial charge in [-0.15, -0.1) is 0 Å². The van der Waals surface area contributed by atoms with E-state index in [-0.39, 0.29) is 23.1 Å². The molecule has 0 radical (unpaired) electrons. The first kappa shape index (κ1) is 20.9. The van der Waals surface area contributed by atoms with Crippen LogP contribution in [0.15, 0.2) is 60.0 Å². The number of aromatic hydroxyl groups is 1. The minimum Gasteiger partial charge on any atom is -0.507 e. The normalized spacial score (nSPS) is 17.5. The number of carbonyl (C=O) groups excluding carboxylic acids is 1. The molecule has 7 nitrogen and oxygen atoms in total. The lowest BCUT2D eigenvalue weighted by Gasteiger charge is -2.31. The van der Waals surface area contributed by atoms with Crippen LogP contribution in [0.25, 0.3) is 5.70 Å². The summed E-state index contributed by atoms with van der Waals surface area (Å²) in [5.74, 6) is -0.744. The zero-order valence-electron chi connectivity index (χ0n) is 16.3. The molecule has 1 saturated heterocycles. The van der Waals surface area contributed by atoms with E-state index in [1.807, 2.05) is 6.92 Å². The van der Waals surface area contributed by atoms with Gasteiger partial charge in [0.25, 0.3) is 0 Å². The summed E-state index contributed by atoms with van der Waals surface area (Å²) in [6.45, 7) is 6.21. The highest BCUT2D eigenvalue weighted by Gasteiger charge is 2.33. The van der Waals surface area contributed by atoms with Crippen molar-refractivity contribution in [1.29, 1.82) is 0 Å². The largest absolute Gasteiger partial charge is 0.507 e. The molecule has 8 heteroatoms. The van der Waals surface area contributed by atoms with E-state index in [0.29, 0.717) is 30.6 Å². The molecule has 1 amide bonds. The third kappa shape index (κ3) is 4.78. The molecular formula is C21H25N3O4S.